The van der Waals surface area contributed by atoms with E-state index in [0.717, 1.165) is 5.56 Å². The summed E-state index contributed by atoms with van der Waals surface area (Å²) in [6.45, 7) is 0.547. The summed E-state index contributed by atoms with van der Waals surface area (Å²) in [5.74, 6) is -1.55. The number of carbonyl (C=O) groups excluding carboxylic acids is 4. The van der Waals surface area contributed by atoms with Crippen LogP contribution in [0.5, 0.6) is 0 Å². The fourth-order valence-corrected chi connectivity index (χ4v) is 2.12. The van der Waals surface area contributed by atoms with Crippen molar-refractivity contribution in [3.63, 3.8) is 0 Å². The summed E-state index contributed by atoms with van der Waals surface area (Å²) in [4.78, 5) is 46.5. The fraction of sp³-hybridized carbons (Fsp3) is 0.500. The maximum atomic E-state index is 11.7. The average Bonchev–Trinajstić information content (AvgIpc) is 2.81. The normalized spacial score (nSPS) is 10.2. The highest BCUT2D eigenvalue weighted by molar-refractivity contribution is 5.89. The van der Waals surface area contributed by atoms with Crippen LogP contribution in [0.25, 0.3) is 0 Å². The minimum atomic E-state index is -0.758. The Morgan fingerprint density at radius 2 is 1.28 bits per heavy atom. The third kappa shape index (κ3) is 14.7. The van der Waals surface area contributed by atoms with Gasteiger partial charge in [-0.25, -0.2) is 4.79 Å². The SMILES string of the molecule is O=C(CNC(=O)CNC(=O)CNC(=O)OCc1ccccc1)NCCOCCOCCO. The third-order valence-corrected chi connectivity index (χ3v) is 3.67. The molecule has 5 N–H and O–H groups in total. The molecule has 1 aromatic rings. The molecule has 0 spiro atoms. The summed E-state index contributed by atoms with van der Waals surface area (Å²) in [5.41, 5.74) is 0.809. The number of aliphatic hydroxyl groups excluding tert-OH is 1. The van der Waals surface area contributed by atoms with E-state index in [1.54, 1.807) is 12.1 Å². The van der Waals surface area contributed by atoms with Crippen LogP contribution in [0.3, 0.4) is 0 Å². The zero-order chi connectivity index (χ0) is 23.4. The van der Waals surface area contributed by atoms with Crippen molar-refractivity contribution in [1.82, 2.24) is 21.3 Å². The Labute approximate surface area is 186 Å². The van der Waals surface area contributed by atoms with Crippen molar-refractivity contribution in [2.45, 2.75) is 6.61 Å². The lowest BCUT2D eigenvalue weighted by molar-refractivity contribution is -0.127. The van der Waals surface area contributed by atoms with E-state index in [9.17, 15) is 19.2 Å². The molecule has 0 aromatic heterocycles. The molecule has 0 saturated heterocycles. The number of hydrogen-bond acceptors (Lipinski definition) is 8. The van der Waals surface area contributed by atoms with Gasteiger partial charge >= 0.3 is 6.09 Å². The highest BCUT2D eigenvalue weighted by Gasteiger charge is 2.09. The maximum Gasteiger partial charge on any atom is 0.407 e. The molecule has 0 saturated carbocycles. The van der Waals surface area contributed by atoms with Gasteiger partial charge in [-0.15, -0.1) is 0 Å². The first-order valence-corrected chi connectivity index (χ1v) is 10.0. The van der Waals surface area contributed by atoms with Crippen LogP contribution in [0, 0.1) is 0 Å². The molecule has 4 amide bonds. The molecule has 0 atom stereocenters. The van der Waals surface area contributed by atoms with Crippen LogP contribution in [0.4, 0.5) is 4.79 Å². The van der Waals surface area contributed by atoms with E-state index in [4.69, 9.17) is 19.3 Å². The van der Waals surface area contributed by atoms with Crippen LogP contribution in [0.15, 0.2) is 30.3 Å². The number of aliphatic hydroxyl groups is 1. The van der Waals surface area contributed by atoms with Gasteiger partial charge in [0, 0.05) is 6.54 Å². The lowest BCUT2D eigenvalue weighted by Gasteiger charge is -2.09. The Hall–Kier alpha value is -3.22. The van der Waals surface area contributed by atoms with Crippen LogP contribution in [0.1, 0.15) is 5.56 Å². The molecule has 1 aromatic carbocycles. The van der Waals surface area contributed by atoms with Gasteiger partial charge in [0.2, 0.25) is 17.7 Å². The Morgan fingerprint density at radius 1 is 0.719 bits per heavy atom. The molecule has 0 aliphatic rings. The molecular formula is C20H30N4O8. The summed E-state index contributed by atoms with van der Waals surface area (Å²) in [6.07, 6.45) is -0.758. The second-order valence-corrected chi connectivity index (χ2v) is 6.27. The van der Waals surface area contributed by atoms with Crippen molar-refractivity contribution in [2.24, 2.45) is 0 Å². The lowest BCUT2D eigenvalue weighted by atomic mass is 10.2. The van der Waals surface area contributed by atoms with Gasteiger partial charge in [0.25, 0.3) is 0 Å². The van der Waals surface area contributed by atoms with E-state index in [0.29, 0.717) is 13.2 Å². The van der Waals surface area contributed by atoms with Gasteiger partial charge in [-0.1, -0.05) is 30.3 Å². The Kier molecular flexibility index (Phi) is 14.6. The van der Waals surface area contributed by atoms with Gasteiger partial charge < -0.3 is 40.6 Å². The smallest absolute Gasteiger partial charge is 0.407 e. The van der Waals surface area contributed by atoms with Crippen LogP contribution in [-0.4, -0.2) is 88.1 Å². The summed E-state index contributed by atoms with van der Waals surface area (Å²) in [6, 6.07) is 9.06. The average molecular weight is 454 g/mol. The second-order valence-electron chi connectivity index (χ2n) is 6.27. The molecule has 0 bridgehead atoms. The molecule has 12 nitrogen and oxygen atoms in total. The Balaban J connectivity index is 2.00. The van der Waals surface area contributed by atoms with Gasteiger partial charge in [-0.2, -0.15) is 0 Å². The Bertz CT molecular complexity index is 702. The molecule has 1 rings (SSSR count). The van der Waals surface area contributed by atoms with E-state index in [1.165, 1.54) is 0 Å². The summed E-state index contributed by atoms with van der Waals surface area (Å²) in [5, 5.41) is 18.0. The molecule has 178 valence electrons. The van der Waals surface area contributed by atoms with Gasteiger partial charge in [0.05, 0.1) is 46.1 Å². The minimum absolute atomic E-state index is 0.0494. The molecule has 0 heterocycles. The van der Waals surface area contributed by atoms with Gasteiger partial charge in [-0.3, -0.25) is 14.4 Å². The first-order valence-electron chi connectivity index (χ1n) is 10.0. The van der Waals surface area contributed by atoms with E-state index in [-0.39, 0.29) is 52.6 Å². The molecular weight excluding hydrogens is 424 g/mol. The van der Waals surface area contributed by atoms with Crippen molar-refractivity contribution in [3.05, 3.63) is 35.9 Å². The number of hydrogen-bond donors (Lipinski definition) is 5. The van der Waals surface area contributed by atoms with Crippen molar-refractivity contribution >= 4 is 23.8 Å². The highest BCUT2D eigenvalue weighted by atomic mass is 16.5. The first-order chi connectivity index (χ1) is 15.5. The number of carbonyl (C=O) groups is 4. The van der Waals surface area contributed by atoms with Crippen LogP contribution in [-0.2, 0) is 35.2 Å². The number of ether oxygens (including phenoxy) is 3. The fourth-order valence-electron chi connectivity index (χ4n) is 2.12. The molecule has 12 heteroatoms. The largest absolute Gasteiger partial charge is 0.445 e. The van der Waals surface area contributed by atoms with Crippen LogP contribution in [0.2, 0.25) is 0 Å². The number of alkyl carbamates (subject to hydrolysis) is 1. The zero-order valence-corrected chi connectivity index (χ0v) is 17.8. The van der Waals surface area contributed by atoms with Crippen molar-refractivity contribution in [1.29, 1.82) is 0 Å². The van der Waals surface area contributed by atoms with Gasteiger partial charge in [0.1, 0.15) is 13.2 Å². The highest BCUT2D eigenvalue weighted by Crippen LogP contribution is 2.00. The number of benzene rings is 1. The summed E-state index contributed by atoms with van der Waals surface area (Å²) >= 11 is 0. The van der Waals surface area contributed by atoms with E-state index in [1.807, 2.05) is 18.2 Å². The number of amides is 4. The summed E-state index contributed by atoms with van der Waals surface area (Å²) in [7, 11) is 0. The predicted molar refractivity (Wildman–Crippen MR) is 112 cm³/mol. The minimum Gasteiger partial charge on any atom is -0.445 e. The number of nitrogens with one attached hydrogen (secondary N) is 4. The standard InChI is InChI=1S/C20H30N4O8/c25-7-9-31-11-10-30-8-6-21-17(26)12-22-18(27)13-23-19(28)14-24-20(29)32-15-16-4-2-1-3-5-16/h1-5,25H,6-15H2,(H,21,26)(H,22,27)(H,23,28)(H,24,29). The lowest BCUT2D eigenvalue weighted by Crippen LogP contribution is -2.44. The van der Waals surface area contributed by atoms with Crippen molar-refractivity contribution in [2.75, 3.05) is 59.2 Å². The zero-order valence-electron chi connectivity index (χ0n) is 17.8. The maximum absolute atomic E-state index is 11.7. The topological polar surface area (TPSA) is 164 Å². The summed E-state index contributed by atoms with van der Waals surface area (Å²) < 4.78 is 15.2. The predicted octanol–water partition coefficient (Wildman–Crippen LogP) is -1.71. The Morgan fingerprint density at radius 3 is 1.91 bits per heavy atom. The molecule has 32 heavy (non-hydrogen) atoms. The third-order valence-electron chi connectivity index (χ3n) is 3.67. The van der Waals surface area contributed by atoms with E-state index < -0.39 is 23.8 Å². The molecule has 0 aliphatic heterocycles. The van der Waals surface area contributed by atoms with Crippen molar-refractivity contribution < 1.29 is 38.5 Å². The van der Waals surface area contributed by atoms with Crippen molar-refractivity contribution in [3.8, 4) is 0 Å². The molecule has 0 radical (unpaired) electrons. The monoisotopic (exact) mass is 454 g/mol. The van der Waals surface area contributed by atoms with Crippen LogP contribution >= 0.6 is 0 Å². The van der Waals surface area contributed by atoms with E-state index in [2.05, 4.69) is 21.3 Å². The first kappa shape index (κ1) is 26.8. The van der Waals surface area contributed by atoms with Gasteiger partial charge in [-0.05, 0) is 5.56 Å². The molecule has 0 aliphatic carbocycles. The quantitative estimate of drug-likeness (QED) is 0.184. The van der Waals surface area contributed by atoms with Crippen LogP contribution < -0.4 is 21.3 Å². The van der Waals surface area contributed by atoms with Gasteiger partial charge in [0.15, 0.2) is 0 Å². The van der Waals surface area contributed by atoms with E-state index >= 15 is 0 Å². The second kappa shape index (κ2) is 17.5. The molecule has 0 unspecified atom stereocenters. The molecule has 0 fully saturated rings. The number of rotatable bonds is 16.